The molecule has 0 radical (unpaired) electrons. The van der Waals surface area contributed by atoms with Crippen molar-refractivity contribution >= 4 is 39.5 Å². The van der Waals surface area contributed by atoms with Gasteiger partial charge < -0.3 is 33.8 Å². The summed E-state index contributed by atoms with van der Waals surface area (Å²) in [6.45, 7) is 14.3. The summed E-state index contributed by atoms with van der Waals surface area (Å²) in [5, 5.41) is 10.7. The maximum atomic E-state index is 13.1. The largest absolute Gasteiger partial charge is 0.472 e. The van der Waals surface area contributed by atoms with Crippen molar-refractivity contribution in [3.63, 3.8) is 0 Å². The Balaban J connectivity index is 5.24. The zero-order chi connectivity index (χ0) is 76.0. The Morgan fingerprint density at radius 1 is 0.272 bits per heavy atom. The van der Waals surface area contributed by atoms with Gasteiger partial charge in [0.15, 0.2) is 12.2 Å². The van der Waals surface area contributed by atoms with Crippen molar-refractivity contribution in [3.05, 3.63) is 0 Å². The van der Waals surface area contributed by atoms with E-state index in [0.717, 1.165) is 120 Å². The van der Waals surface area contributed by atoms with Crippen LogP contribution in [0.2, 0.25) is 0 Å². The van der Waals surface area contributed by atoms with Crippen molar-refractivity contribution in [3.8, 4) is 0 Å². The summed E-state index contributed by atoms with van der Waals surface area (Å²) in [6, 6.07) is 0. The lowest BCUT2D eigenvalue weighted by molar-refractivity contribution is -0.161. The maximum Gasteiger partial charge on any atom is 0.472 e. The molecule has 0 aromatic carbocycles. The average Bonchev–Trinajstić information content (AvgIpc) is 0.914. The van der Waals surface area contributed by atoms with Crippen LogP contribution in [0.5, 0.6) is 0 Å². The van der Waals surface area contributed by atoms with Crippen LogP contribution in [-0.4, -0.2) is 96.7 Å². The Bertz CT molecular complexity index is 2010. The molecular formula is C84H164O17P2. The number of ether oxygens (including phenoxy) is 4. The number of rotatable bonds is 81. The quantitative estimate of drug-likeness (QED) is 0.0222. The van der Waals surface area contributed by atoms with Gasteiger partial charge in [0.25, 0.3) is 0 Å². The molecule has 0 aromatic rings. The number of phosphoric acid groups is 2. The fraction of sp³-hybridized carbons (Fsp3) is 0.952. The third-order valence-electron chi connectivity index (χ3n) is 20.3. The van der Waals surface area contributed by atoms with E-state index in [1.807, 2.05) is 0 Å². The van der Waals surface area contributed by atoms with Crippen molar-refractivity contribution < 1.29 is 80.2 Å². The van der Waals surface area contributed by atoms with Crippen molar-refractivity contribution in [2.24, 2.45) is 23.7 Å². The molecule has 0 aliphatic heterocycles. The van der Waals surface area contributed by atoms with Crippen LogP contribution in [0.4, 0.5) is 0 Å². The number of hydrogen-bond acceptors (Lipinski definition) is 15. The molecule has 0 heterocycles. The summed E-state index contributed by atoms with van der Waals surface area (Å²) in [7, 11) is -9.93. The van der Waals surface area contributed by atoms with E-state index < -0.39 is 97.5 Å². The number of esters is 4. The first-order chi connectivity index (χ1) is 49.7. The highest BCUT2D eigenvalue weighted by Gasteiger charge is 2.30. The molecular weight excluding hydrogens is 1340 g/mol. The van der Waals surface area contributed by atoms with Crippen molar-refractivity contribution in [2.45, 2.75) is 453 Å². The molecule has 17 nitrogen and oxygen atoms in total. The van der Waals surface area contributed by atoms with Crippen LogP contribution >= 0.6 is 15.6 Å². The van der Waals surface area contributed by atoms with Crippen LogP contribution < -0.4 is 0 Å². The summed E-state index contributed by atoms with van der Waals surface area (Å²) in [6.07, 6.45) is 61.0. The average molecular weight is 1510 g/mol. The zero-order valence-corrected chi connectivity index (χ0v) is 69.7. The van der Waals surface area contributed by atoms with Crippen LogP contribution in [0.15, 0.2) is 0 Å². The number of hydrogen-bond donors (Lipinski definition) is 3. The number of carbonyl (C=O) groups is 4. The monoisotopic (exact) mass is 1510 g/mol. The normalized spacial score (nSPS) is 14.5. The van der Waals surface area contributed by atoms with E-state index in [1.54, 1.807) is 0 Å². The Morgan fingerprint density at radius 2 is 0.466 bits per heavy atom. The molecule has 0 spiro atoms. The van der Waals surface area contributed by atoms with Gasteiger partial charge in [-0.3, -0.25) is 37.3 Å². The van der Waals surface area contributed by atoms with Crippen molar-refractivity contribution in [1.29, 1.82) is 0 Å². The van der Waals surface area contributed by atoms with Crippen LogP contribution in [0, 0.1) is 23.7 Å². The third kappa shape index (κ3) is 75.3. The molecule has 0 aliphatic rings. The second-order valence-corrected chi connectivity index (χ2v) is 34.6. The highest BCUT2D eigenvalue weighted by atomic mass is 31.2. The minimum Gasteiger partial charge on any atom is -0.462 e. The summed E-state index contributed by atoms with van der Waals surface area (Å²) in [5.74, 6) is 1.07. The first-order valence-corrected chi connectivity index (χ1v) is 46.3. The van der Waals surface area contributed by atoms with E-state index in [4.69, 9.17) is 37.0 Å². The molecule has 103 heavy (non-hydrogen) atoms. The molecule has 19 heteroatoms. The first kappa shape index (κ1) is 101. The second kappa shape index (κ2) is 72.9. The Morgan fingerprint density at radius 3 is 0.689 bits per heavy atom. The van der Waals surface area contributed by atoms with Gasteiger partial charge in [0.05, 0.1) is 26.4 Å². The summed E-state index contributed by atoms with van der Waals surface area (Å²) >= 11 is 0. The van der Waals surface area contributed by atoms with Gasteiger partial charge in [-0.2, -0.15) is 0 Å². The van der Waals surface area contributed by atoms with Gasteiger partial charge >= 0.3 is 39.5 Å². The standard InChI is InChI=1S/C84H164O17P2/c1-9-76(7)62-54-46-38-32-26-20-15-16-21-27-33-39-48-56-64-81(86)94-70-79(100-83(88)67-59-51-41-35-29-23-17-19-25-31-37-45-53-61-75(5)6)72-98-102(90,91)96-68-78(85)69-97-103(92,93)99-73-80(71-95-82(87)65-57-49-43-42-47-55-63-77(8)10-2)101-84(89)66-58-50-40-34-28-22-14-12-11-13-18-24-30-36-44-52-60-74(3)4/h74-80,85H,9-73H2,1-8H3,(H,90,91)(H,92,93)/t76?,77?,78-,79-,80-/m1/s1. The molecule has 0 aliphatic carbocycles. The molecule has 0 rings (SSSR count). The van der Waals surface area contributed by atoms with Crippen LogP contribution in [-0.2, 0) is 65.4 Å². The zero-order valence-electron chi connectivity index (χ0n) is 68.0. The topological polar surface area (TPSA) is 237 Å². The highest BCUT2D eigenvalue weighted by molar-refractivity contribution is 7.47. The fourth-order valence-corrected chi connectivity index (χ4v) is 14.5. The molecule has 0 amide bonds. The van der Waals surface area contributed by atoms with Gasteiger partial charge in [0, 0.05) is 25.7 Å². The molecule has 0 bridgehead atoms. The summed E-state index contributed by atoms with van der Waals surface area (Å²) < 4.78 is 68.8. The minimum absolute atomic E-state index is 0.107. The molecule has 0 fully saturated rings. The molecule has 0 aromatic heterocycles. The molecule has 4 unspecified atom stereocenters. The van der Waals surface area contributed by atoms with Gasteiger partial charge in [-0.1, -0.05) is 383 Å². The second-order valence-electron chi connectivity index (χ2n) is 31.7. The maximum absolute atomic E-state index is 13.1. The third-order valence-corrected chi connectivity index (χ3v) is 22.2. The minimum atomic E-state index is -4.96. The van der Waals surface area contributed by atoms with Gasteiger partial charge in [-0.05, 0) is 49.4 Å². The van der Waals surface area contributed by atoms with Crippen LogP contribution in [0.3, 0.4) is 0 Å². The van der Waals surface area contributed by atoms with E-state index in [2.05, 4.69) is 55.4 Å². The molecule has 0 saturated carbocycles. The Kier molecular flexibility index (Phi) is 71.5. The number of phosphoric ester groups is 2. The summed E-state index contributed by atoms with van der Waals surface area (Å²) in [4.78, 5) is 73.2. The van der Waals surface area contributed by atoms with Crippen LogP contribution in [0.1, 0.15) is 434 Å². The predicted molar refractivity (Wildman–Crippen MR) is 423 cm³/mol. The SMILES string of the molecule is CCC(C)CCCCCCCCCCCCCCCCC(=O)OC[C@H](COP(=O)(O)OC[C@@H](O)COP(=O)(O)OC[C@@H](COC(=O)CCCCCCCCC(C)CC)OC(=O)CCCCCCCCCCCCCCCCCCC(C)C)OC(=O)CCCCCCCCCCCCCCCC(C)C. The lowest BCUT2D eigenvalue weighted by atomic mass is 9.99. The lowest BCUT2D eigenvalue weighted by Crippen LogP contribution is -2.30. The van der Waals surface area contributed by atoms with Crippen molar-refractivity contribution in [2.75, 3.05) is 39.6 Å². The lowest BCUT2D eigenvalue weighted by Gasteiger charge is -2.21. The van der Waals surface area contributed by atoms with Gasteiger partial charge in [-0.25, -0.2) is 9.13 Å². The number of carbonyl (C=O) groups excluding carboxylic acids is 4. The van der Waals surface area contributed by atoms with E-state index >= 15 is 0 Å². The van der Waals surface area contributed by atoms with Crippen molar-refractivity contribution in [1.82, 2.24) is 0 Å². The number of unbranched alkanes of at least 4 members (excludes halogenated alkanes) is 45. The Hall–Kier alpha value is -1.94. The Labute approximate surface area is 632 Å². The van der Waals surface area contributed by atoms with E-state index in [9.17, 15) is 43.2 Å². The number of aliphatic hydroxyl groups is 1. The van der Waals surface area contributed by atoms with Gasteiger partial charge in [0.2, 0.25) is 0 Å². The first-order valence-electron chi connectivity index (χ1n) is 43.3. The van der Waals surface area contributed by atoms with E-state index in [0.29, 0.717) is 25.7 Å². The van der Waals surface area contributed by atoms with E-state index in [1.165, 1.54) is 231 Å². The molecule has 3 N–H and O–H groups in total. The number of aliphatic hydroxyl groups excluding tert-OH is 1. The molecule has 0 saturated heterocycles. The van der Waals surface area contributed by atoms with Gasteiger partial charge in [-0.15, -0.1) is 0 Å². The molecule has 612 valence electrons. The highest BCUT2D eigenvalue weighted by Crippen LogP contribution is 2.45. The van der Waals surface area contributed by atoms with Crippen LogP contribution in [0.25, 0.3) is 0 Å². The smallest absolute Gasteiger partial charge is 0.462 e. The predicted octanol–water partition coefficient (Wildman–Crippen LogP) is 25.2. The van der Waals surface area contributed by atoms with E-state index in [-0.39, 0.29) is 25.7 Å². The molecule has 7 atom stereocenters. The van der Waals surface area contributed by atoms with Gasteiger partial charge in [0.1, 0.15) is 19.3 Å². The summed E-state index contributed by atoms with van der Waals surface area (Å²) in [5.41, 5.74) is 0. The fourth-order valence-electron chi connectivity index (χ4n) is 12.9.